The molecule has 0 atom stereocenters. The van der Waals surface area contributed by atoms with Crippen LogP contribution in [0.3, 0.4) is 0 Å². The smallest absolute Gasteiger partial charge is 0.124 e. The fourth-order valence-corrected chi connectivity index (χ4v) is 1.43. The van der Waals surface area contributed by atoms with Gasteiger partial charge in [0.25, 0.3) is 0 Å². The summed E-state index contributed by atoms with van der Waals surface area (Å²) in [5, 5.41) is 0. The third-order valence-corrected chi connectivity index (χ3v) is 2.17. The van der Waals surface area contributed by atoms with Gasteiger partial charge in [0.2, 0.25) is 0 Å². The van der Waals surface area contributed by atoms with Gasteiger partial charge < -0.3 is 5.73 Å². The largest absolute Gasteiger partial charge is 0.384 e. The number of nitrogen functional groups attached to an aromatic ring is 1. The minimum Gasteiger partial charge on any atom is -0.384 e. The molecule has 2 heteroatoms. The van der Waals surface area contributed by atoms with Gasteiger partial charge in [-0.15, -0.1) is 0 Å². The van der Waals surface area contributed by atoms with Gasteiger partial charge in [0, 0.05) is 5.56 Å². The van der Waals surface area contributed by atoms with Gasteiger partial charge in [0.05, 0.1) is 5.69 Å². The molecule has 1 aromatic carbocycles. The van der Waals surface area contributed by atoms with Crippen LogP contribution in [0, 0.1) is 6.92 Å². The number of aryl methyl sites for hydroxylation is 1. The van der Waals surface area contributed by atoms with Gasteiger partial charge in [0.15, 0.2) is 0 Å². The maximum atomic E-state index is 5.65. The molecule has 14 heavy (non-hydrogen) atoms. The molecule has 0 saturated carbocycles. The topological polar surface area (TPSA) is 38.9 Å². The zero-order valence-corrected chi connectivity index (χ0v) is 8.07. The summed E-state index contributed by atoms with van der Waals surface area (Å²) in [7, 11) is 0. The highest BCUT2D eigenvalue weighted by atomic mass is 14.8. The van der Waals surface area contributed by atoms with Gasteiger partial charge in [-0.05, 0) is 18.6 Å². The van der Waals surface area contributed by atoms with E-state index in [2.05, 4.69) is 4.98 Å². The van der Waals surface area contributed by atoms with Gasteiger partial charge in [-0.3, -0.25) is 0 Å². The van der Waals surface area contributed by atoms with E-state index in [1.54, 1.807) is 0 Å². The summed E-state index contributed by atoms with van der Waals surface area (Å²) >= 11 is 0. The molecule has 0 aliphatic rings. The van der Waals surface area contributed by atoms with E-state index in [-0.39, 0.29) is 0 Å². The van der Waals surface area contributed by atoms with Crippen molar-refractivity contribution in [3.63, 3.8) is 0 Å². The fraction of sp³-hybridized carbons (Fsp3) is 0.0833. The minimum absolute atomic E-state index is 0.564. The van der Waals surface area contributed by atoms with Crippen molar-refractivity contribution in [3.05, 3.63) is 48.0 Å². The van der Waals surface area contributed by atoms with Gasteiger partial charge in [-0.2, -0.15) is 0 Å². The first-order valence-corrected chi connectivity index (χ1v) is 4.56. The molecule has 0 bridgehead atoms. The van der Waals surface area contributed by atoms with Crippen LogP contribution in [0.1, 0.15) is 5.56 Å². The summed E-state index contributed by atoms with van der Waals surface area (Å²) in [6, 6.07) is 13.9. The fourth-order valence-electron chi connectivity index (χ4n) is 1.43. The summed E-state index contributed by atoms with van der Waals surface area (Å²) in [6.45, 7) is 2.04. The summed E-state index contributed by atoms with van der Waals surface area (Å²) in [5.74, 6) is 0.564. The molecule has 0 saturated heterocycles. The van der Waals surface area contributed by atoms with E-state index in [1.165, 1.54) is 0 Å². The molecule has 70 valence electrons. The van der Waals surface area contributed by atoms with Gasteiger partial charge in [-0.25, -0.2) is 4.98 Å². The third kappa shape index (κ3) is 1.59. The van der Waals surface area contributed by atoms with Gasteiger partial charge in [0.1, 0.15) is 5.82 Å². The number of pyridine rings is 1. The monoisotopic (exact) mass is 184 g/mol. The summed E-state index contributed by atoms with van der Waals surface area (Å²) in [4.78, 5) is 4.32. The lowest BCUT2D eigenvalue weighted by Crippen LogP contribution is -1.94. The summed E-state index contributed by atoms with van der Waals surface area (Å²) < 4.78 is 0. The van der Waals surface area contributed by atoms with E-state index in [0.29, 0.717) is 5.82 Å². The number of nitrogens with zero attached hydrogens (tertiary/aromatic N) is 1. The van der Waals surface area contributed by atoms with E-state index in [9.17, 15) is 0 Å². The Kier molecular flexibility index (Phi) is 2.19. The molecule has 2 aromatic rings. The first kappa shape index (κ1) is 8.75. The number of aromatic nitrogens is 1. The second-order valence-electron chi connectivity index (χ2n) is 3.27. The van der Waals surface area contributed by atoms with Gasteiger partial charge in [-0.1, -0.05) is 36.4 Å². The van der Waals surface area contributed by atoms with E-state index in [4.69, 9.17) is 5.73 Å². The Morgan fingerprint density at radius 1 is 1.00 bits per heavy atom. The van der Waals surface area contributed by atoms with Crippen molar-refractivity contribution >= 4 is 5.82 Å². The summed E-state index contributed by atoms with van der Waals surface area (Å²) in [6.07, 6.45) is 0. The third-order valence-electron chi connectivity index (χ3n) is 2.17. The highest BCUT2D eigenvalue weighted by Gasteiger charge is 2.02. The standard InChI is InChI=1S/C12H12N2/c1-9-7-8-11(13)14-12(9)10-5-3-2-4-6-10/h2-8H,1H3,(H2,13,14). The van der Waals surface area contributed by atoms with E-state index in [0.717, 1.165) is 16.8 Å². The molecule has 0 radical (unpaired) electrons. The molecular formula is C12H12N2. The lowest BCUT2D eigenvalue weighted by molar-refractivity contribution is 1.28. The lowest BCUT2D eigenvalue weighted by Gasteiger charge is -2.05. The first-order valence-electron chi connectivity index (χ1n) is 4.56. The second kappa shape index (κ2) is 3.50. The predicted octanol–water partition coefficient (Wildman–Crippen LogP) is 2.64. The van der Waals surface area contributed by atoms with Crippen molar-refractivity contribution in [2.24, 2.45) is 0 Å². The Morgan fingerprint density at radius 3 is 2.43 bits per heavy atom. The van der Waals surface area contributed by atoms with Crippen molar-refractivity contribution < 1.29 is 0 Å². The Morgan fingerprint density at radius 2 is 1.71 bits per heavy atom. The first-order chi connectivity index (χ1) is 6.77. The van der Waals surface area contributed by atoms with Crippen LogP contribution >= 0.6 is 0 Å². The Labute approximate surface area is 83.4 Å². The molecule has 0 aliphatic carbocycles. The van der Waals surface area contributed by atoms with E-state index in [1.807, 2.05) is 49.4 Å². The van der Waals surface area contributed by atoms with Crippen LogP contribution < -0.4 is 5.73 Å². The molecular weight excluding hydrogens is 172 g/mol. The molecule has 0 aliphatic heterocycles. The molecule has 0 unspecified atom stereocenters. The number of anilines is 1. The molecule has 2 N–H and O–H groups in total. The highest BCUT2D eigenvalue weighted by Crippen LogP contribution is 2.21. The van der Waals surface area contributed by atoms with Crippen molar-refractivity contribution in [1.82, 2.24) is 4.98 Å². The van der Waals surface area contributed by atoms with E-state index >= 15 is 0 Å². The minimum atomic E-state index is 0.564. The van der Waals surface area contributed by atoms with E-state index < -0.39 is 0 Å². The zero-order chi connectivity index (χ0) is 9.97. The van der Waals surface area contributed by atoms with Crippen LogP contribution in [0.25, 0.3) is 11.3 Å². The number of rotatable bonds is 1. The van der Waals surface area contributed by atoms with Crippen LogP contribution in [0.4, 0.5) is 5.82 Å². The van der Waals surface area contributed by atoms with Gasteiger partial charge >= 0.3 is 0 Å². The number of nitrogens with two attached hydrogens (primary N) is 1. The average molecular weight is 184 g/mol. The van der Waals surface area contributed by atoms with Crippen molar-refractivity contribution in [3.8, 4) is 11.3 Å². The molecule has 1 heterocycles. The lowest BCUT2D eigenvalue weighted by atomic mass is 10.1. The SMILES string of the molecule is Cc1ccc(N)nc1-c1ccccc1. The molecule has 2 rings (SSSR count). The average Bonchev–Trinajstić information content (AvgIpc) is 2.23. The predicted molar refractivity (Wildman–Crippen MR) is 58.8 cm³/mol. The van der Waals surface area contributed by atoms with Crippen molar-refractivity contribution in [2.75, 3.05) is 5.73 Å². The zero-order valence-electron chi connectivity index (χ0n) is 8.07. The molecule has 0 spiro atoms. The molecule has 0 amide bonds. The second-order valence-corrected chi connectivity index (χ2v) is 3.27. The van der Waals surface area contributed by atoms with Crippen LogP contribution in [0.15, 0.2) is 42.5 Å². The van der Waals surface area contributed by atoms with Crippen molar-refractivity contribution in [2.45, 2.75) is 6.92 Å². The normalized spacial score (nSPS) is 10.1. The van der Waals surface area contributed by atoms with Crippen LogP contribution in [-0.4, -0.2) is 4.98 Å². The Balaban J connectivity index is 2.57. The Bertz CT molecular complexity index is 435. The maximum absolute atomic E-state index is 5.65. The number of hydrogen-bond acceptors (Lipinski definition) is 2. The quantitative estimate of drug-likeness (QED) is 0.740. The Hall–Kier alpha value is -1.83. The molecule has 1 aromatic heterocycles. The maximum Gasteiger partial charge on any atom is 0.124 e. The van der Waals surface area contributed by atoms with Crippen molar-refractivity contribution in [1.29, 1.82) is 0 Å². The highest BCUT2D eigenvalue weighted by molar-refractivity contribution is 5.64. The van der Waals surface area contributed by atoms with Crippen LogP contribution in [0.2, 0.25) is 0 Å². The molecule has 2 nitrogen and oxygen atoms in total. The number of benzene rings is 1. The van der Waals surface area contributed by atoms with Crippen LogP contribution in [-0.2, 0) is 0 Å². The summed E-state index contributed by atoms with van der Waals surface area (Å²) in [5.41, 5.74) is 8.87. The van der Waals surface area contributed by atoms with Crippen LogP contribution in [0.5, 0.6) is 0 Å². The molecule has 0 fully saturated rings. The number of hydrogen-bond donors (Lipinski definition) is 1.